The molecule has 8 heteroatoms. The zero-order valence-electron chi connectivity index (χ0n) is 11.3. The van der Waals surface area contributed by atoms with Gasteiger partial charge in [-0.25, -0.2) is 9.97 Å². The number of amides is 1. The molecular formula is C14H11Cl2N5O. The maximum Gasteiger partial charge on any atom is 0.227 e. The molecule has 1 N–H and O–H groups in total. The van der Waals surface area contributed by atoms with Crippen molar-refractivity contribution in [2.75, 3.05) is 5.32 Å². The molecule has 0 saturated heterocycles. The van der Waals surface area contributed by atoms with Crippen molar-refractivity contribution in [1.82, 2.24) is 19.7 Å². The highest BCUT2D eigenvalue weighted by atomic mass is 35.5. The van der Waals surface area contributed by atoms with Gasteiger partial charge in [0.05, 0.1) is 22.1 Å². The van der Waals surface area contributed by atoms with Crippen LogP contribution < -0.4 is 5.32 Å². The zero-order chi connectivity index (χ0) is 15.5. The van der Waals surface area contributed by atoms with Crippen molar-refractivity contribution in [1.29, 1.82) is 0 Å². The molecular weight excluding hydrogens is 325 g/mol. The third-order valence-electron chi connectivity index (χ3n) is 3.06. The van der Waals surface area contributed by atoms with Crippen LogP contribution in [-0.4, -0.2) is 25.7 Å². The van der Waals surface area contributed by atoms with Crippen LogP contribution in [0.25, 0.3) is 10.9 Å². The van der Waals surface area contributed by atoms with Gasteiger partial charge >= 0.3 is 0 Å². The summed E-state index contributed by atoms with van der Waals surface area (Å²) in [6.45, 7) is 0.450. The van der Waals surface area contributed by atoms with Crippen LogP contribution in [0.1, 0.15) is 6.42 Å². The van der Waals surface area contributed by atoms with Gasteiger partial charge in [-0.05, 0) is 24.3 Å². The highest BCUT2D eigenvalue weighted by Gasteiger charge is 2.08. The van der Waals surface area contributed by atoms with E-state index < -0.39 is 0 Å². The first kappa shape index (κ1) is 14.7. The lowest BCUT2D eigenvalue weighted by atomic mass is 10.2. The number of hydrogen-bond acceptors (Lipinski definition) is 4. The quantitative estimate of drug-likeness (QED) is 0.794. The van der Waals surface area contributed by atoms with E-state index in [2.05, 4.69) is 20.4 Å². The number of carbonyl (C=O) groups is 1. The molecule has 0 spiro atoms. The number of nitrogens with zero attached hydrogens (tertiary/aromatic N) is 4. The zero-order valence-corrected chi connectivity index (χ0v) is 12.8. The highest BCUT2D eigenvalue weighted by molar-refractivity contribution is 6.39. The van der Waals surface area contributed by atoms with Gasteiger partial charge in [-0.3, -0.25) is 9.48 Å². The summed E-state index contributed by atoms with van der Waals surface area (Å²) in [5.74, 6) is 0.265. The minimum absolute atomic E-state index is 0.166. The van der Waals surface area contributed by atoms with Crippen molar-refractivity contribution in [2.24, 2.45) is 0 Å². The Balaban J connectivity index is 1.73. The molecule has 0 unspecified atom stereocenters. The van der Waals surface area contributed by atoms with Crippen molar-refractivity contribution in [3.05, 3.63) is 47.0 Å². The summed E-state index contributed by atoms with van der Waals surface area (Å²) in [5, 5.41) is 8.46. The molecule has 0 atom stereocenters. The summed E-state index contributed by atoms with van der Waals surface area (Å²) in [6.07, 6.45) is 3.25. The van der Waals surface area contributed by atoms with Gasteiger partial charge in [-0.15, -0.1) is 0 Å². The van der Waals surface area contributed by atoms with Crippen molar-refractivity contribution in [2.45, 2.75) is 13.0 Å². The van der Waals surface area contributed by atoms with E-state index in [4.69, 9.17) is 23.2 Å². The lowest BCUT2D eigenvalue weighted by molar-refractivity contribution is -0.116. The van der Waals surface area contributed by atoms with Crippen molar-refractivity contribution in [3.8, 4) is 0 Å². The molecule has 0 aliphatic carbocycles. The first-order chi connectivity index (χ1) is 10.6. The average Bonchev–Trinajstić information content (AvgIpc) is 3.03. The second kappa shape index (κ2) is 6.29. The first-order valence-corrected chi connectivity index (χ1v) is 7.26. The Morgan fingerprint density at radius 3 is 2.77 bits per heavy atom. The fraction of sp³-hybridized carbons (Fsp3) is 0.143. The van der Waals surface area contributed by atoms with Gasteiger partial charge in [0.1, 0.15) is 18.5 Å². The number of halogens is 2. The third kappa shape index (κ3) is 3.18. The largest absolute Gasteiger partial charge is 0.311 e. The molecule has 0 saturated carbocycles. The van der Waals surface area contributed by atoms with Crippen LogP contribution in [-0.2, 0) is 11.3 Å². The normalized spacial score (nSPS) is 10.8. The van der Waals surface area contributed by atoms with Crippen molar-refractivity contribution >= 4 is 45.8 Å². The second-order valence-electron chi connectivity index (χ2n) is 4.58. The van der Waals surface area contributed by atoms with Crippen LogP contribution in [0.15, 0.2) is 36.9 Å². The van der Waals surface area contributed by atoms with Crippen LogP contribution in [0, 0.1) is 0 Å². The van der Waals surface area contributed by atoms with Gasteiger partial charge < -0.3 is 5.32 Å². The fourth-order valence-corrected chi connectivity index (χ4v) is 2.41. The van der Waals surface area contributed by atoms with Crippen LogP contribution in [0.5, 0.6) is 0 Å². The van der Waals surface area contributed by atoms with Crippen molar-refractivity contribution in [3.63, 3.8) is 0 Å². The van der Waals surface area contributed by atoms with Gasteiger partial charge in [-0.2, -0.15) is 5.10 Å². The molecule has 0 bridgehead atoms. The van der Waals surface area contributed by atoms with Crippen LogP contribution >= 0.6 is 23.2 Å². The molecule has 3 aromatic rings. The lowest BCUT2D eigenvalue weighted by Crippen LogP contribution is -2.15. The SMILES string of the molecule is O=C(CCn1cncn1)Nc1ccc2c(Cl)ccc(Cl)c2n1. The summed E-state index contributed by atoms with van der Waals surface area (Å²) in [7, 11) is 0. The van der Waals surface area contributed by atoms with Crippen molar-refractivity contribution < 1.29 is 4.79 Å². The Bertz CT molecular complexity index is 819. The van der Waals surface area contributed by atoms with Crippen LogP contribution in [0.3, 0.4) is 0 Å². The summed E-state index contributed by atoms with van der Waals surface area (Å²) in [5.41, 5.74) is 0.559. The van der Waals surface area contributed by atoms with Gasteiger partial charge in [0.15, 0.2) is 0 Å². The van der Waals surface area contributed by atoms with E-state index in [0.717, 1.165) is 5.39 Å². The van der Waals surface area contributed by atoms with E-state index in [-0.39, 0.29) is 12.3 Å². The summed E-state index contributed by atoms with van der Waals surface area (Å²) >= 11 is 12.2. The Morgan fingerprint density at radius 2 is 2.00 bits per heavy atom. The van der Waals surface area contributed by atoms with Crippen LogP contribution in [0.4, 0.5) is 5.82 Å². The molecule has 2 aromatic heterocycles. The topological polar surface area (TPSA) is 72.7 Å². The molecule has 1 amide bonds. The molecule has 0 aliphatic rings. The Hall–Kier alpha value is -2.18. The molecule has 6 nitrogen and oxygen atoms in total. The van der Waals surface area contributed by atoms with Gasteiger partial charge in [0.25, 0.3) is 0 Å². The van der Waals surface area contributed by atoms with E-state index in [9.17, 15) is 4.79 Å². The number of anilines is 1. The van der Waals surface area contributed by atoms with E-state index in [0.29, 0.717) is 27.9 Å². The Morgan fingerprint density at radius 1 is 1.18 bits per heavy atom. The van der Waals surface area contributed by atoms with E-state index in [1.807, 2.05) is 0 Å². The molecule has 112 valence electrons. The van der Waals surface area contributed by atoms with E-state index in [1.165, 1.54) is 6.33 Å². The first-order valence-electron chi connectivity index (χ1n) is 6.50. The summed E-state index contributed by atoms with van der Waals surface area (Å²) in [6, 6.07) is 6.86. The van der Waals surface area contributed by atoms with Crippen LogP contribution in [0.2, 0.25) is 10.0 Å². The molecule has 0 fully saturated rings. The third-order valence-corrected chi connectivity index (χ3v) is 3.69. The number of fused-ring (bicyclic) bond motifs is 1. The monoisotopic (exact) mass is 335 g/mol. The minimum Gasteiger partial charge on any atom is -0.311 e. The number of aromatic nitrogens is 4. The van der Waals surface area contributed by atoms with E-state index in [1.54, 1.807) is 35.3 Å². The smallest absolute Gasteiger partial charge is 0.227 e. The van der Waals surface area contributed by atoms with E-state index >= 15 is 0 Å². The Labute approximate surface area is 136 Å². The molecule has 2 heterocycles. The minimum atomic E-state index is -0.166. The number of aryl methyl sites for hydroxylation is 1. The van der Waals surface area contributed by atoms with Gasteiger partial charge in [0.2, 0.25) is 5.91 Å². The maximum atomic E-state index is 11.9. The number of rotatable bonds is 4. The predicted octanol–water partition coefficient (Wildman–Crippen LogP) is 3.16. The Kier molecular flexibility index (Phi) is 4.22. The number of carbonyl (C=O) groups excluding carboxylic acids is 1. The standard InChI is InChI=1S/C14H11Cl2N5O/c15-10-2-3-11(16)14-9(10)1-4-12(20-14)19-13(22)5-6-21-8-17-7-18-21/h1-4,7-8H,5-6H2,(H,19,20,22). The molecule has 0 aliphatic heterocycles. The van der Waals surface area contributed by atoms with Gasteiger partial charge in [-0.1, -0.05) is 23.2 Å². The van der Waals surface area contributed by atoms with Gasteiger partial charge in [0, 0.05) is 11.8 Å². The summed E-state index contributed by atoms with van der Waals surface area (Å²) in [4.78, 5) is 20.1. The average molecular weight is 336 g/mol. The number of pyridine rings is 1. The predicted molar refractivity (Wildman–Crippen MR) is 85.0 cm³/mol. The fourth-order valence-electron chi connectivity index (χ4n) is 1.99. The molecule has 22 heavy (non-hydrogen) atoms. The highest BCUT2D eigenvalue weighted by Crippen LogP contribution is 2.29. The maximum absolute atomic E-state index is 11.9. The molecule has 1 aromatic carbocycles. The number of hydrogen-bond donors (Lipinski definition) is 1. The summed E-state index contributed by atoms with van der Waals surface area (Å²) < 4.78 is 1.59. The number of nitrogens with one attached hydrogen (secondary N) is 1. The molecule has 3 rings (SSSR count). The second-order valence-corrected chi connectivity index (χ2v) is 5.39. The molecule has 0 radical (unpaired) electrons. The lowest BCUT2D eigenvalue weighted by Gasteiger charge is -2.07. The number of benzene rings is 1.